The average Bonchev–Trinajstić information content (AvgIpc) is 3.32. The average molecular weight is 593 g/mol. The predicted octanol–water partition coefficient (Wildman–Crippen LogP) is 5.60. The minimum absolute atomic E-state index is 0.00887. The summed E-state index contributed by atoms with van der Waals surface area (Å²) in [6.45, 7) is 4.03. The van der Waals surface area contributed by atoms with Crippen LogP contribution in [0.3, 0.4) is 0 Å². The number of nitrogens with zero attached hydrogens (tertiary/aromatic N) is 4. The fraction of sp³-hybridized carbons (Fsp3) is 0.387. The molecule has 1 N–H and O–H groups in total. The maximum absolute atomic E-state index is 14.0. The van der Waals surface area contributed by atoms with Gasteiger partial charge in [0.25, 0.3) is 0 Å². The molecule has 4 aromatic rings. The summed E-state index contributed by atoms with van der Waals surface area (Å²) in [4.78, 5) is 23.2. The third-order valence-corrected chi connectivity index (χ3v) is 8.74. The van der Waals surface area contributed by atoms with E-state index in [-0.39, 0.29) is 16.8 Å². The molecule has 0 spiro atoms. The van der Waals surface area contributed by atoms with Crippen LogP contribution in [0.4, 0.5) is 4.39 Å². The summed E-state index contributed by atoms with van der Waals surface area (Å²) in [5.74, 6) is 1.09. The van der Waals surface area contributed by atoms with Gasteiger partial charge in [0.15, 0.2) is 28.9 Å². The van der Waals surface area contributed by atoms with E-state index >= 15 is 0 Å². The SMILES string of the molecule is O=C(O)c1ccc2nc(CN3CCC(c4cccc5c4OCC(c4ccc(Cl)c(F)c4)O5)CC3)n(C[C@@H]3CCO3)c2n1. The number of carboxylic acid groups (broad SMARTS) is 1. The first-order valence-electron chi connectivity index (χ1n) is 14.2. The molecule has 0 saturated carbocycles. The van der Waals surface area contributed by atoms with E-state index in [4.69, 9.17) is 30.8 Å². The van der Waals surface area contributed by atoms with Gasteiger partial charge in [-0.3, -0.25) is 4.90 Å². The number of piperidine rings is 1. The van der Waals surface area contributed by atoms with Crippen LogP contribution in [0.5, 0.6) is 11.5 Å². The summed E-state index contributed by atoms with van der Waals surface area (Å²) in [6.07, 6.45) is 2.53. The van der Waals surface area contributed by atoms with Crippen molar-refractivity contribution < 1.29 is 28.5 Å². The molecule has 3 aliphatic heterocycles. The molecule has 3 aliphatic rings. The zero-order valence-electron chi connectivity index (χ0n) is 22.8. The largest absolute Gasteiger partial charge is 0.485 e. The van der Waals surface area contributed by atoms with E-state index in [0.717, 1.165) is 56.1 Å². The predicted molar refractivity (Wildman–Crippen MR) is 153 cm³/mol. The van der Waals surface area contributed by atoms with E-state index in [1.807, 2.05) is 16.7 Å². The Kier molecular flexibility index (Phi) is 7.21. The van der Waals surface area contributed by atoms with Crippen LogP contribution in [-0.2, 0) is 17.8 Å². The fourth-order valence-electron chi connectivity index (χ4n) is 6.04. The molecule has 2 aromatic heterocycles. The summed E-state index contributed by atoms with van der Waals surface area (Å²) < 4.78 is 34.2. The fourth-order valence-corrected chi connectivity index (χ4v) is 6.16. The van der Waals surface area contributed by atoms with Crippen molar-refractivity contribution in [1.82, 2.24) is 19.4 Å². The van der Waals surface area contributed by atoms with Crippen LogP contribution < -0.4 is 9.47 Å². The first-order chi connectivity index (χ1) is 20.4. The highest BCUT2D eigenvalue weighted by Gasteiger charge is 2.31. The summed E-state index contributed by atoms with van der Waals surface area (Å²) in [7, 11) is 0. The first kappa shape index (κ1) is 27.1. The zero-order valence-corrected chi connectivity index (χ0v) is 23.6. The molecule has 0 aliphatic carbocycles. The summed E-state index contributed by atoms with van der Waals surface area (Å²) >= 11 is 5.85. The Morgan fingerprint density at radius 1 is 1.10 bits per heavy atom. The van der Waals surface area contributed by atoms with Crippen LogP contribution in [0.1, 0.15) is 58.7 Å². The first-order valence-corrected chi connectivity index (χ1v) is 14.6. The van der Waals surface area contributed by atoms with Gasteiger partial charge >= 0.3 is 5.97 Å². The van der Waals surface area contributed by atoms with Gasteiger partial charge in [-0.1, -0.05) is 29.8 Å². The third-order valence-electron chi connectivity index (χ3n) is 8.44. The smallest absolute Gasteiger partial charge is 0.354 e. The maximum Gasteiger partial charge on any atom is 0.354 e. The van der Waals surface area contributed by atoms with E-state index in [1.54, 1.807) is 12.1 Å². The molecule has 0 amide bonds. The van der Waals surface area contributed by atoms with E-state index in [1.165, 1.54) is 18.2 Å². The van der Waals surface area contributed by atoms with Gasteiger partial charge in [-0.05, 0) is 74.2 Å². The van der Waals surface area contributed by atoms with Gasteiger partial charge in [-0.15, -0.1) is 0 Å². The number of carboxylic acids is 1. The Morgan fingerprint density at radius 2 is 1.93 bits per heavy atom. The maximum atomic E-state index is 14.0. The summed E-state index contributed by atoms with van der Waals surface area (Å²) in [5, 5.41) is 9.54. The summed E-state index contributed by atoms with van der Waals surface area (Å²) in [6, 6.07) is 13.9. The van der Waals surface area contributed by atoms with Crippen LogP contribution >= 0.6 is 11.6 Å². The Balaban J connectivity index is 1.05. The molecule has 7 rings (SSSR count). The van der Waals surface area contributed by atoms with Gasteiger partial charge in [0.2, 0.25) is 0 Å². The lowest BCUT2D eigenvalue weighted by Gasteiger charge is -2.35. The number of para-hydroxylation sites is 1. The van der Waals surface area contributed by atoms with E-state index in [2.05, 4.69) is 16.0 Å². The lowest BCUT2D eigenvalue weighted by molar-refractivity contribution is -0.0593. The highest BCUT2D eigenvalue weighted by molar-refractivity contribution is 6.30. The second-order valence-electron chi connectivity index (χ2n) is 11.1. The quantitative estimate of drug-likeness (QED) is 0.296. The third kappa shape index (κ3) is 5.19. The van der Waals surface area contributed by atoms with E-state index in [9.17, 15) is 14.3 Å². The number of likely N-dealkylation sites (tertiary alicyclic amines) is 1. The molecule has 5 heterocycles. The number of aromatic carboxylic acids is 1. The lowest BCUT2D eigenvalue weighted by Crippen LogP contribution is -2.35. The van der Waals surface area contributed by atoms with E-state index in [0.29, 0.717) is 48.1 Å². The van der Waals surface area contributed by atoms with Crippen molar-refractivity contribution in [2.24, 2.45) is 0 Å². The van der Waals surface area contributed by atoms with E-state index < -0.39 is 17.9 Å². The highest BCUT2D eigenvalue weighted by Crippen LogP contribution is 2.44. The Labute approximate surface area is 246 Å². The van der Waals surface area contributed by atoms with Gasteiger partial charge < -0.3 is 23.9 Å². The molecule has 11 heteroatoms. The standard InChI is InChI=1S/C31H30ClFN4O5/c32-22-5-4-19(14-23(22)33)27-17-41-29-21(2-1-3-26(29)42-27)18-8-11-36(12-9-18)16-28-34-24-6-7-25(31(38)39)35-30(24)37(28)15-20-10-13-40-20/h1-7,14,18,20,27H,8-13,15-17H2,(H,38,39)/t20-,27?/m0/s1. The Hall–Kier alpha value is -3.73. The topological polar surface area (TPSA) is 98.9 Å². The zero-order chi connectivity index (χ0) is 28.8. The number of imidazole rings is 1. The Morgan fingerprint density at radius 3 is 2.67 bits per heavy atom. The molecule has 42 heavy (non-hydrogen) atoms. The molecule has 218 valence electrons. The second-order valence-corrected chi connectivity index (χ2v) is 11.5. The van der Waals surface area contributed by atoms with Gasteiger partial charge in [0.1, 0.15) is 23.8 Å². The number of carbonyl (C=O) groups is 1. The molecule has 2 atom stereocenters. The number of benzene rings is 2. The number of fused-ring (bicyclic) bond motifs is 2. The number of aromatic nitrogens is 3. The molecule has 0 radical (unpaired) electrons. The van der Waals surface area contributed by atoms with Crippen LogP contribution in [0, 0.1) is 5.82 Å². The molecular weight excluding hydrogens is 563 g/mol. The van der Waals surface area contributed by atoms with Gasteiger partial charge in [0.05, 0.1) is 24.2 Å². The number of rotatable bonds is 7. The minimum Gasteiger partial charge on any atom is -0.485 e. The monoisotopic (exact) mass is 592 g/mol. The van der Waals surface area contributed by atoms with Gasteiger partial charge in [0, 0.05) is 12.2 Å². The van der Waals surface area contributed by atoms with Gasteiger partial charge in [-0.2, -0.15) is 0 Å². The Bertz CT molecular complexity index is 1650. The molecule has 9 nitrogen and oxygen atoms in total. The van der Waals surface area contributed by atoms with Crippen LogP contribution in [-0.4, -0.2) is 62.9 Å². The number of ether oxygens (including phenoxy) is 3. The molecular formula is C31H30ClFN4O5. The molecule has 2 saturated heterocycles. The van der Waals surface area contributed by atoms with Crippen molar-refractivity contribution >= 4 is 28.7 Å². The van der Waals surface area contributed by atoms with Crippen molar-refractivity contribution in [2.45, 2.75) is 50.5 Å². The van der Waals surface area contributed by atoms with Crippen molar-refractivity contribution in [3.63, 3.8) is 0 Å². The highest BCUT2D eigenvalue weighted by atomic mass is 35.5. The number of halogens is 2. The normalized spacial score (nSPS) is 20.9. The molecule has 2 aromatic carbocycles. The number of pyridine rings is 1. The van der Waals surface area contributed by atoms with Crippen LogP contribution in [0.25, 0.3) is 11.2 Å². The summed E-state index contributed by atoms with van der Waals surface area (Å²) in [5.41, 5.74) is 3.10. The van der Waals surface area contributed by atoms with Gasteiger partial charge in [-0.25, -0.2) is 19.2 Å². The number of hydrogen-bond acceptors (Lipinski definition) is 7. The van der Waals surface area contributed by atoms with Crippen molar-refractivity contribution in [3.8, 4) is 11.5 Å². The minimum atomic E-state index is -1.06. The molecule has 0 bridgehead atoms. The van der Waals surface area contributed by atoms with Crippen LogP contribution in [0.2, 0.25) is 5.02 Å². The molecule has 1 unspecified atom stereocenters. The van der Waals surface area contributed by atoms with Crippen molar-refractivity contribution in [2.75, 3.05) is 26.3 Å². The number of hydrogen-bond donors (Lipinski definition) is 1. The van der Waals surface area contributed by atoms with Crippen LogP contribution in [0.15, 0.2) is 48.5 Å². The van der Waals surface area contributed by atoms with Crippen molar-refractivity contribution in [3.05, 3.63) is 82.0 Å². The lowest BCUT2D eigenvalue weighted by atomic mass is 9.88. The molecule has 2 fully saturated rings. The van der Waals surface area contributed by atoms with Crippen molar-refractivity contribution in [1.29, 1.82) is 0 Å². The second kappa shape index (κ2) is 11.2.